The predicted octanol–water partition coefficient (Wildman–Crippen LogP) is 3.82. The second-order valence-electron chi connectivity index (χ2n) is 5.35. The second-order valence-corrected chi connectivity index (χ2v) is 5.35. The number of hydrogen-bond donors (Lipinski definition) is 0. The molecule has 0 aromatic heterocycles. The summed E-state index contributed by atoms with van der Waals surface area (Å²) in [6.07, 6.45) is -2.07. The highest BCUT2D eigenvalue weighted by Gasteiger charge is 2.37. The van der Waals surface area contributed by atoms with Gasteiger partial charge < -0.3 is 0 Å². The van der Waals surface area contributed by atoms with Crippen LogP contribution < -0.4 is 0 Å². The minimum Gasteiger partial charge on any atom is -0.294 e. The molecule has 21 heavy (non-hydrogen) atoms. The number of ketones is 1. The summed E-state index contributed by atoms with van der Waals surface area (Å²) in [7, 11) is 0. The zero-order chi connectivity index (χ0) is 15.5. The zero-order valence-corrected chi connectivity index (χ0v) is 11.5. The van der Waals surface area contributed by atoms with E-state index in [0.717, 1.165) is 12.8 Å². The first-order chi connectivity index (χ1) is 9.85. The minimum atomic E-state index is -4.20. The predicted molar refractivity (Wildman–Crippen MR) is 70.6 cm³/mol. The first-order valence-corrected chi connectivity index (χ1v) is 6.95. The van der Waals surface area contributed by atoms with E-state index >= 15 is 0 Å². The lowest BCUT2D eigenvalue weighted by molar-refractivity contribution is -0.147. The van der Waals surface area contributed by atoms with Crippen molar-refractivity contribution in [3.05, 3.63) is 35.6 Å². The van der Waals surface area contributed by atoms with E-state index in [0.29, 0.717) is 12.0 Å². The molecule has 1 aromatic rings. The first kappa shape index (κ1) is 15.9. The monoisotopic (exact) mass is 303 g/mol. The molecule has 0 N–H and O–H groups in total. The lowest BCUT2D eigenvalue weighted by Gasteiger charge is -2.23. The normalized spacial score (nSPS) is 15.5. The average molecular weight is 303 g/mol. The summed E-state index contributed by atoms with van der Waals surface area (Å²) in [6.45, 7) is -0.653. The number of Topliss-reactive ketones (excluding diaryl/α,β-unsaturated/α-hetero) is 1. The van der Waals surface area contributed by atoms with Crippen molar-refractivity contribution in [3.8, 4) is 0 Å². The second kappa shape index (κ2) is 6.56. The molecule has 1 fully saturated rings. The Hall–Kier alpha value is -1.43. The quantitative estimate of drug-likeness (QED) is 0.564. The molecule has 2 nitrogen and oxygen atoms in total. The highest BCUT2D eigenvalue weighted by atomic mass is 19.4. The van der Waals surface area contributed by atoms with Crippen molar-refractivity contribution in [3.63, 3.8) is 0 Å². The van der Waals surface area contributed by atoms with E-state index in [4.69, 9.17) is 0 Å². The fraction of sp³-hybridized carbons (Fsp3) is 0.533. The van der Waals surface area contributed by atoms with E-state index in [9.17, 15) is 22.4 Å². The van der Waals surface area contributed by atoms with Gasteiger partial charge in [-0.3, -0.25) is 9.69 Å². The fourth-order valence-corrected chi connectivity index (χ4v) is 2.28. The highest BCUT2D eigenvalue weighted by molar-refractivity contribution is 5.95. The Labute approximate surface area is 120 Å². The van der Waals surface area contributed by atoms with Crippen LogP contribution in [0.1, 0.15) is 36.0 Å². The Kier molecular flexibility index (Phi) is 4.98. The van der Waals surface area contributed by atoms with Crippen LogP contribution in [0.2, 0.25) is 0 Å². The van der Waals surface area contributed by atoms with Gasteiger partial charge in [0.2, 0.25) is 0 Å². The standard InChI is InChI=1S/C15H17F4NO/c16-12-5-3-11(4-6-12)14(21)2-1-9-20(13-7-8-13)10-15(17,18)19/h3-6,13H,1-2,7-10H2. The number of alkyl halides is 3. The molecule has 0 bridgehead atoms. The number of carbonyl (C=O) groups is 1. The summed E-state index contributed by atoms with van der Waals surface area (Å²) < 4.78 is 50.1. The number of halogens is 4. The Bertz CT molecular complexity index is 479. The minimum absolute atomic E-state index is 0.00699. The largest absolute Gasteiger partial charge is 0.401 e. The average Bonchev–Trinajstić information content (AvgIpc) is 3.21. The number of nitrogens with zero attached hydrogens (tertiary/aromatic N) is 1. The lowest BCUT2D eigenvalue weighted by atomic mass is 10.1. The topological polar surface area (TPSA) is 20.3 Å². The molecule has 0 atom stereocenters. The molecule has 2 rings (SSSR count). The third-order valence-electron chi connectivity index (χ3n) is 3.46. The molecule has 0 unspecified atom stereocenters. The van der Waals surface area contributed by atoms with Crippen LogP contribution in [0, 0.1) is 5.82 Å². The molecule has 0 aliphatic heterocycles. The van der Waals surface area contributed by atoms with Crippen LogP contribution in [0.5, 0.6) is 0 Å². The van der Waals surface area contributed by atoms with E-state index < -0.39 is 18.5 Å². The van der Waals surface area contributed by atoms with Crippen LogP contribution in [0.15, 0.2) is 24.3 Å². The van der Waals surface area contributed by atoms with E-state index in [1.807, 2.05) is 0 Å². The maximum Gasteiger partial charge on any atom is 0.401 e. The Morgan fingerprint density at radius 2 is 1.81 bits per heavy atom. The molecule has 1 aliphatic rings. The molecular weight excluding hydrogens is 286 g/mol. The molecule has 116 valence electrons. The van der Waals surface area contributed by atoms with Gasteiger partial charge in [0.25, 0.3) is 0 Å². The zero-order valence-electron chi connectivity index (χ0n) is 11.5. The maximum absolute atomic E-state index is 12.7. The van der Waals surface area contributed by atoms with Gasteiger partial charge in [-0.15, -0.1) is 0 Å². The molecule has 1 aromatic carbocycles. The third kappa shape index (κ3) is 5.46. The van der Waals surface area contributed by atoms with Gasteiger partial charge >= 0.3 is 6.18 Å². The van der Waals surface area contributed by atoms with Gasteiger partial charge in [0, 0.05) is 18.0 Å². The Morgan fingerprint density at radius 1 is 1.19 bits per heavy atom. The number of carbonyl (C=O) groups excluding carboxylic acids is 1. The van der Waals surface area contributed by atoms with Gasteiger partial charge in [-0.05, 0) is 50.1 Å². The maximum atomic E-state index is 12.7. The van der Waals surface area contributed by atoms with E-state index in [-0.39, 0.29) is 24.8 Å². The summed E-state index contributed by atoms with van der Waals surface area (Å²) in [6, 6.07) is 5.20. The summed E-state index contributed by atoms with van der Waals surface area (Å²) in [5.41, 5.74) is 0.394. The molecule has 1 aliphatic carbocycles. The van der Waals surface area contributed by atoms with Crippen molar-refractivity contribution in [1.29, 1.82) is 0 Å². The number of hydrogen-bond acceptors (Lipinski definition) is 2. The molecular formula is C15H17F4NO. The van der Waals surface area contributed by atoms with Crippen molar-refractivity contribution in [2.75, 3.05) is 13.1 Å². The van der Waals surface area contributed by atoms with Gasteiger partial charge in [-0.2, -0.15) is 13.2 Å². The summed E-state index contributed by atoms with van der Waals surface area (Å²) in [5.74, 6) is -0.589. The molecule has 6 heteroatoms. The Morgan fingerprint density at radius 3 is 2.33 bits per heavy atom. The van der Waals surface area contributed by atoms with Gasteiger partial charge in [-0.1, -0.05) is 0 Å². The summed E-state index contributed by atoms with van der Waals surface area (Å²) in [4.78, 5) is 13.2. The van der Waals surface area contributed by atoms with Crippen LogP contribution in [-0.4, -0.2) is 36.0 Å². The number of rotatable bonds is 7. The lowest BCUT2D eigenvalue weighted by Crippen LogP contribution is -2.36. The molecule has 0 radical (unpaired) electrons. The first-order valence-electron chi connectivity index (χ1n) is 6.95. The van der Waals surface area contributed by atoms with Gasteiger partial charge in [-0.25, -0.2) is 4.39 Å². The van der Waals surface area contributed by atoms with E-state index in [1.54, 1.807) is 0 Å². The van der Waals surface area contributed by atoms with Gasteiger partial charge in [0.05, 0.1) is 6.54 Å². The highest BCUT2D eigenvalue weighted by Crippen LogP contribution is 2.30. The van der Waals surface area contributed by atoms with Gasteiger partial charge in [0.15, 0.2) is 5.78 Å². The molecule has 0 saturated heterocycles. The third-order valence-corrected chi connectivity index (χ3v) is 3.46. The fourth-order valence-electron chi connectivity index (χ4n) is 2.28. The van der Waals surface area contributed by atoms with E-state index in [2.05, 4.69) is 0 Å². The Balaban J connectivity index is 1.79. The van der Waals surface area contributed by atoms with Crippen LogP contribution in [0.3, 0.4) is 0 Å². The summed E-state index contributed by atoms with van der Waals surface area (Å²) in [5, 5.41) is 0. The molecule has 0 amide bonds. The molecule has 0 heterocycles. The smallest absolute Gasteiger partial charge is 0.294 e. The van der Waals surface area contributed by atoms with Crippen molar-refractivity contribution < 1.29 is 22.4 Å². The van der Waals surface area contributed by atoms with Crippen LogP contribution in [0.25, 0.3) is 0 Å². The van der Waals surface area contributed by atoms with Crippen molar-refractivity contribution in [2.45, 2.75) is 37.9 Å². The van der Waals surface area contributed by atoms with Crippen LogP contribution in [-0.2, 0) is 0 Å². The van der Waals surface area contributed by atoms with Crippen LogP contribution in [0.4, 0.5) is 17.6 Å². The van der Waals surface area contributed by atoms with Crippen molar-refractivity contribution in [1.82, 2.24) is 4.90 Å². The van der Waals surface area contributed by atoms with Crippen molar-refractivity contribution >= 4 is 5.78 Å². The van der Waals surface area contributed by atoms with E-state index in [1.165, 1.54) is 29.2 Å². The summed E-state index contributed by atoms with van der Waals surface area (Å²) >= 11 is 0. The number of benzene rings is 1. The van der Waals surface area contributed by atoms with Crippen molar-refractivity contribution in [2.24, 2.45) is 0 Å². The van der Waals surface area contributed by atoms with Crippen LogP contribution >= 0.6 is 0 Å². The van der Waals surface area contributed by atoms with Gasteiger partial charge in [0.1, 0.15) is 5.82 Å². The molecule has 0 spiro atoms. The molecule has 1 saturated carbocycles. The SMILES string of the molecule is O=C(CCCN(CC(F)(F)F)C1CC1)c1ccc(F)cc1.